The average molecular weight is 459 g/mol. The van der Waals surface area contributed by atoms with Crippen molar-refractivity contribution >= 4 is 29.2 Å². The van der Waals surface area contributed by atoms with Gasteiger partial charge in [0.15, 0.2) is 6.61 Å². The van der Waals surface area contributed by atoms with Crippen LogP contribution in [0.1, 0.15) is 29.2 Å². The molecule has 1 unspecified atom stereocenters. The van der Waals surface area contributed by atoms with E-state index in [4.69, 9.17) is 9.47 Å². The van der Waals surface area contributed by atoms with Crippen molar-refractivity contribution in [3.8, 4) is 5.75 Å². The summed E-state index contributed by atoms with van der Waals surface area (Å²) in [4.78, 5) is 39.8. The Labute approximate surface area is 198 Å². The van der Waals surface area contributed by atoms with Gasteiger partial charge in [-0.25, -0.2) is 0 Å². The molecule has 0 fully saturated rings. The normalized spacial score (nSPS) is 13.5. The number of carbonyl (C=O) groups excluding carboxylic acids is 3. The highest BCUT2D eigenvalue weighted by Crippen LogP contribution is 2.31. The third kappa shape index (κ3) is 5.26. The van der Waals surface area contributed by atoms with E-state index >= 15 is 0 Å². The van der Waals surface area contributed by atoms with Crippen LogP contribution in [-0.2, 0) is 19.1 Å². The number of benzene rings is 3. The van der Waals surface area contributed by atoms with Crippen LogP contribution in [0, 0.1) is 13.8 Å². The Morgan fingerprint density at radius 2 is 1.76 bits per heavy atom. The van der Waals surface area contributed by atoms with E-state index in [1.807, 2.05) is 44.2 Å². The standard InChI is InChI=1S/C27H26N2O5/c1-18-12-13-19(2)21(16-18)28-27(32)26(20-8-4-3-5-9-20)34-25(31)14-15-29-22-10-6-7-11-23(22)33-17-24(29)30/h3-13,16,26H,14-15,17H2,1-2H3,(H,28,32). The van der Waals surface area contributed by atoms with Gasteiger partial charge in [0.2, 0.25) is 6.10 Å². The molecule has 0 saturated carbocycles. The first-order valence-electron chi connectivity index (χ1n) is 11.1. The molecule has 3 aromatic carbocycles. The van der Waals surface area contributed by atoms with E-state index in [-0.39, 0.29) is 25.5 Å². The largest absolute Gasteiger partial charge is 0.482 e. The highest BCUT2D eigenvalue weighted by molar-refractivity contribution is 5.99. The fourth-order valence-corrected chi connectivity index (χ4v) is 3.76. The number of ether oxygens (including phenoxy) is 2. The van der Waals surface area contributed by atoms with Crippen molar-refractivity contribution in [2.75, 3.05) is 23.4 Å². The van der Waals surface area contributed by atoms with Crippen LogP contribution >= 0.6 is 0 Å². The van der Waals surface area contributed by atoms with Crippen LogP contribution in [-0.4, -0.2) is 30.9 Å². The smallest absolute Gasteiger partial charge is 0.308 e. The molecule has 3 aromatic rings. The highest BCUT2D eigenvalue weighted by atomic mass is 16.5. The van der Waals surface area contributed by atoms with Gasteiger partial charge in [-0.05, 0) is 43.2 Å². The van der Waals surface area contributed by atoms with Gasteiger partial charge in [-0.15, -0.1) is 0 Å². The van der Waals surface area contributed by atoms with Crippen LogP contribution in [0.3, 0.4) is 0 Å². The zero-order valence-corrected chi connectivity index (χ0v) is 19.1. The van der Waals surface area contributed by atoms with Crippen LogP contribution in [0.15, 0.2) is 72.8 Å². The second-order valence-electron chi connectivity index (χ2n) is 8.14. The fourth-order valence-electron chi connectivity index (χ4n) is 3.76. The Morgan fingerprint density at radius 1 is 1.03 bits per heavy atom. The van der Waals surface area contributed by atoms with Gasteiger partial charge in [0, 0.05) is 17.8 Å². The molecule has 0 spiro atoms. The van der Waals surface area contributed by atoms with E-state index in [1.165, 1.54) is 4.90 Å². The van der Waals surface area contributed by atoms with Crippen LogP contribution in [0.25, 0.3) is 0 Å². The quantitative estimate of drug-likeness (QED) is 0.533. The fraction of sp³-hybridized carbons (Fsp3) is 0.222. The van der Waals surface area contributed by atoms with E-state index in [9.17, 15) is 14.4 Å². The molecule has 2 amide bonds. The number of hydrogen-bond acceptors (Lipinski definition) is 5. The lowest BCUT2D eigenvalue weighted by Gasteiger charge is -2.29. The van der Waals surface area contributed by atoms with Gasteiger partial charge in [0.25, 0.3) is 11.8 Å². The molecular formula is C27H26N2O5. The molecule has 4 rings (SSSR count). The van der Waals surface area contributed by atoms with Crippen LogP contribution in [0.4, 0.5) is 11.4 Å². The molecule has 1 heterocycles. The Morgan fingerprint density at radius 3 is 2.56 bits per heavy atom. The minimum Gasteiger partial charge on any atom is -0.482 e. The molecule has 1 atom stereocenters. The number of anilines is 2. The second kappa shape index (κ2) is 10.2. The summed E-state index contributed by atoms with van der Waals surface area (Å²) >= 11 is 0. The summed E-state index contributed by atoms with van der Waals surface area (Å²) in [5.74, 6) is -0.674. The first kappa shape index (κ1) is 23.0. The Balaban J connectivity index is 1.47. The van der Waals surface area contributed by atoms with Crippen LogP contribution in [0.5, 0.6) is 5.75 Å². The molecule has 174 valence electrons. The number of esters is 1. The van der Waals surface area contributed by atoms with E-state index in [0.717, 1.165) is 11.1 Å². The molecule has 7 nitrogen and oxygen atoms in total. The second-order valence-corrected chi connectivity index (χ2v) is 8.14. The van der Waals surface area contributed by atoms with Crippen molar-refractivity contribution < 1.29 is 23.9 Å². The molecule has 1 aliphatic rings. The zero-order valence-electron chi connectivity index (χ0n) is 19.1. The number of rotatable bonds is 7. The maximum atomic E-state index is 13.2. The van der Waals surface area contributed by atoms with E-state index in [1.54, 1.807) is 42.5 Å². The van der Waals surface area contributed by atoms with Gasteiger partial charge >= 0.3 is 5.97 Å². The lowest BCUT2D eigenvalue weighted by atomic mass is 10.1. The topological polar surface area (TPSA) is 84.9 Å². The Bertz CT molecular complexity index is 1210. The summed E-state index contributed by atoms with van der Waals surface area (Å²) in [7, 11) is 0. The maximum absolute atomic E-state index is 13.2. The maximum Gasteiger partial charge on any atom is 0.308 e. The van der Waals surface area contributed by atoms with Gasteiger partial charge in [-0.3, -0.25) is 14.4 Å². The number of amides is 2. The summed E-state index contributed by atoms with van der Waals surface area (Å²) in [6, 6.07) is 21.8. The summed E-state index contributed by atoms with van der Waals surface area (Å²) in [6.45, 7) is 3.87. The minimum atomic E-state index is -1.12. The Kier molecular flexibility index (Phi) is 6.92. The summed E-state index contributed by atoms with van der Waals surface area (Å²) in [5.41, 5.74) is 3.74. The number of aryl methyl sites for hydroxylation is 2. The highest BCUT2D eigenvalue weighted by Gasteiger charge is 2.28. The van der Waals surface area contributed by atoms with Crippen molar-refractivity contribution in [3.05, 3.63) is 89.5 Å². The first-order valence-corrected chi connectivity index (χ1v) is 11.1. The molecule has 0 aliphatic carbocycles. The third-order valence-electron chi connectivity index (χ3n) is 5.59. The number of nitrogens with zero attached hydrogens (tertiary/aromatic N) is 1. The van der Waals surface area contributed by atoms with Crippen molar-refractivity contribution in [1.82, 2.24) is 0 Å². The number of carbonyl (C=O) groups is 3. The van der Waals surface area contributed by atoms with Crippen LogP contribution in [0.2, 0.25) is 0 Å². The molecular weight excluding hydrogens is 432 g/mol. The van der Waals surface area contributed by atoms with Crippen molar-refractivity contribution in [1.29, 1.82) is 0 Å². The molecule has 0 aromatic heterocycles. The molecule has 0 radical (unpaired) electrons. The number of hydrogen-bond donors (Lipinski definition) is 1. The molecule has 0 bridgehead atoms. The van der Waals surface area contributed by atoms with Gasteiger partial charge in [-0.2, -0.15) is 0 Å². The van der Waals surface area contributed by atoms with Gasteiger partial charge in [-0.1, -0.05) is 54.6 Å². The molecule has 0 saturated heterocycles. The predicted molar refractivity (Wildman–Crippen MR) is 129 cm³/mol. The van der Waals surface area contributed by atoms with Gasteiger partial charge < -0.3 is 19.7 Å². The molecule has 1 aliphatic heterocycles. The van der Waals surface area contributed by atoms with E-state index < -0.39 is 18.0 Å². The summed E-state index contributed by atoms with van der Waals surface area (Å²) in [6.07, 6.45) is -1.19. The summed E-state index contributed by atoms with van der Waals surface area (Å²) in [5, 5.41) is 2.88. The number of fused-ring (bicyclic) bond motifs is 1. The SMILES string of the molecule is Cc1ccc(C)c(NC(=O)C(OC(=O)CCN2C(=O)COc3ccccc32)c2ccccc2)c1. The molecule has 7 heteroatoms. The zero-order chi connectivity index (χ0) is 24.1. The molecule has 34 heavy (non-hydrogen) atoms. The van der Waals surface area contributed by atoms with Crippen molar-refractivity contribution in [2.45, 2.75) is 26.4 Å². The van der Waals surface area contributed by atoms with Gasteiger partial charge in [0.05, 0.1) is 12.1 Å². The third-order valence-corrected chi connectivity index (χ3v) is 5.59. The van der Waals surface area contributed by atoms with E-state index in [2.05, 4.69) is 5.32 Å². The monoisotopic (exact) mass is 458 g/mol. The molecule has 1 N–H and O–H groups in total. The van der Waals surface area contributed by atoms with Crippen LogP contribution < -0.4 is 15.0 Å². The van der Waals surface area contributed by atoms with Crippen molar-refractivity contribution in [2.24, 2.45) is 0 Å². The van der Waals surface area contributed by atoms with Crippen molar-refractivity contribution in [3.63, 3.8) is 0 Å². The number of nitrogens with one attached hydrogen (secondary N) is 1. The minimum absolute atomic E-state index is 0.0693. The lowest BCUT2D eigenvalue weighted by molar-refractivity contribution is -0.154. The predicted octanol–water partition coefficient (Wildman–Crippen LogP) is 4.34. The summed E-state index contributed by atoms with van der Waals surface area (Å²) < 4.78 is 11.1. The first-order chi connectivity index (χ1) is 16.4. The Hall–Kier alpha value is -4.13. The van der Waals surface area contributed by atoms with Gasteiger partial charge in [0.1, 0.15) is 5.75 Å². The lowest BCUT2D eigenvalue weighted by Crippen LogP contribution is -2.40. The van der Waals surface area contributed by atoms with E-state index in [0.29, 0.717) is 22.7 Å². The average Bonchev–Trinajstić information content (AvgIpc) is 2.84. The number of para-hydroxylation sites is 2.